The maximum atomic E-state index is 12.5. The van der Waals surface area contributed by atoms with Crippen molar-refractivity contribution in [3.05, 3.63) is 41.5 Å². The Morgan fingerprint density at radius 2 is 1.64 bits per heavy atom. The minimum absolute atomic E-state index is 0.143. The molecule has 0 unspecified atom stereocenters. The molecule has 0 aromatic heterocycles. The van der Waals surface area contributed by atoms with Gasteiger partial charge in [0, 0.05) is 6.54 Å². The number of carbonyl (C=O) groups excluding carboxylic acids is 3. The van der Waals surface area contributed by atoms with Crippen molar-refractivity contribution >= 4 is 17.8 Å². The summed E-state index contributed by atoms with van der Waals surface area (Å²) in [6.45, 7) is -0.0565. The quantitative estimate of drug-likeness (QED) is 0.417. The number of hydrogen-bond donors (Lipinski definition) is 0. The highest BCUT2D eigenvalue weighted by molar-refractivity contribution is 6.44. The Kier molecular flexibility index (Phi) is 5.71. The maximum absolute atomic E-state index is 12.5. The Hall–Kier alpha value is -2.84. The molecule has 1 heterocycles. The lowest BCUT2D eigenvalue weighted by atomic mass is 9.97. The van der Waals surface area contributed by atoms with E-state index in [4.69, 9.17) is 0 Å². The summed E-state index contributed by atoms with van der Waals surface area (Å²) < 4.78 is 40.4. The zero-order valence-electron chi connectivity index (χ0n) is 15.0. The van der Waals surface area contributed by atoms with Gasteiger partial charge in [0.05, 0.1) is 6.54 Å². The summed E-state index contributed by atoms with van der Waals surface area (Å²) in [6.07, 6.45) is 1.97. The molecule has 0 spiro atoms. The van der Waals surface area contributed by atoms with Gasteiger partial charge in [0.15, 0.2) is 0 Å². The first-order chi connectivity index (χ1) is 13.2. The summed E-state index contributed by atoms with van der Waals surface area (Å²) in [5.41, 5.74) is 1.58. The van der Waals surface area contributed by atoms with Crippen LogP contribution in [-0.2, 0) is 16.1 Å². The number of nitrogens with zero attached hydrogens (tertiary/aromatic N) is 2. The van der Waals surface area contributed by atoms with E-state index in [-0.39, 0.29) is 13.1 Å². The number of ether oxygens (including phenoxy) is 1. The van der Waals surface area contributed by atoms with Crippen LogP contribution in [0.4, 0.5) is 18.0 Å². The van der Waals surface area contributed by atoms with Crippen LogP contribution in [0.5, 0.6) is 5.75 Å². The Morgan fingerprint density at radius 3 is 2.25 bits per heavy atom. The van der Waals surface area contributed by atoms with Gasteiger partial charge in [0.25, 0.3) is 0 Å². The molecular formula is C19H19F3N2O4. The largest absolute Gasteiger partial charge is 0.573 e. The highest BCUT2D eigenvalue weighted by Crippen LogP contribution is 2.25. The number of hydrogen-bond acceptors (Lipinski definition) is 4. The number of benzene rings is 1. The molecule has 150 valence electrons. The summed E-state index contributed by atoms with van der Waals surface area (Å²) in [7, 11) is 0. The van der Waals surface area contributed by atoms with Gasteiger partial charge in [-0.05, 0) is 49.8 Å². The topological polar surface area (TPSA) is 66.9 Å². The van der Waals surface area contributed by atoms with Crippen molar-refractivity contribution in [1.29, 1.82) is 0 Å². The van der Waals surface area contributed by atoms with E-state index >= 15 is 0 Å². The Morgan fingerprint density at radius 1 is 0.964 bits per heavy atom. The van der Waals surface area contributed by atoms with Crippen LogP contribution in [0.25, 0.3) is 0 Å². The van der Waals surface area contributed by atoms with Gasteiger partial charge in [-0.15, -0.1) is 13.2 Å². The minimum atomic E-state index is -4.80. The lowest BCUT2D eigenvalue weighted by molar-refractivity contribution is -0.274. The normalized spacial score (nSPS) is 18.0. The molecule has 28 heavy (non-hydrogen) atoms. The zero-order valence-corrected chi connectivity index (χ0v) is 15.0. The zero-order chi connectivity index (χ0) is 20.3. The lowest BCUT2D eigenvalue weighted by Crippen LogP contribution is -2.34. The van der Waals surface area contributed by atoms with Crippen LogP contribution in [0.3, 0.4) is 0 Å². The monoisotopic (exact) mass is 396 g/mol. The second kappa shape index (κ2) is 8.04. The Balaban J connectivity index is 1.62. The van der Waals surface area contributed by atoms with E-state index in [0.717, 1.165) is 47.6 Å². The molecule has 9 heteroatoms. The van der Waals surface area contributed by atoms with Gasteiger partial charge >= 0.3 is 24.2 Å². The summed E-state index contributed by atoms with van der Waals surface area (Å²) >= 11 is 0. The van der Waals surface area contributed by atoms with Gasteiger partial charge in [-0.1, -0.05) is 23.8 Å². The number of rotatable bonds is 6. The van der Waals surface area contributed by atoms with E-state index in [9.17, 15) is 27.6 Å². The standard InChI is InChI=1S/C19H19F3N2O4/c20-19(21,22)28-15-8-6-14(7-9-15)12-24-17(26)16(25)23(18(24)27)11-10-13-4-2-1-3-5-13/h4,6-9H,1-3,5,10-12H2. The van der Waals surface area contributed by atoms with Crippen LogP contribution in [0.2, 0.25) is 0 Å². The summed E-state index contributed by atoms with van der Waals surface area (Å²) in [5, 5.41) is 0. The van der Waals surface area contributed by atoms with Crippen molar-refractivity contribution in [2.75, 3.05) is 6.54 Å². The molecule has 0 atom stereocenters. The SMILES string of the molecule is O=C1C(=O)N(Cc2ccc(OC(F)(F)F)cc2)C(=O)N1CCC1=CCCCC1. The lowest BCUT2D eigenvalue weighted by Gasteiger charge is -2.18. The molecule has 1 fully saturated rings. The fraction of sp³-hybridized carbons (Fsp3) is 0.421. The van der Waals surface area contributed by atoms with Crippen LogP contribution < -0.4 is 4.74 Å². The molecule has 1 aliphatic carbocycles. The first kappa shape index (κ1) is 19.9. The number of amides is 4. The van der Waals surface area contributed by atoms with Crippen LogP contribution >= 0.6 is 0 Å². The molecule has 6 nitrogen and oxygen atoms in total. The number of allylic oxidation sites excluding steroid dienone is 1. The van der Waals surface area contributed by atoms with Crippen LogP contribution in [0, 0.1) is 0 Å². The maximum Gasteiger partial charge on any atom is 0.573 e. The molecule has 1 aliphatic heterocycles. The predicted molar refractivity (Wildman–Crippen MR) is 92.0 cm³/mol. The number of alkyl halides is 3. The molecule has 0 radical (unpaired) electrons. The van der Waals surface area contributed by atoms with Crippen molar-refractivity contribution in [3.8, 4) is 5.75 Å². The van der Waals surface area contributed by atoms with Crippen LogP contribution in [0.15, 0.2) is 35.9 Å². The van der Waals surface area contributed by atoms with E-state index in [1.54, 1.807) is 0 Å². The number of imide groups is 2. The molecule has 2 aliphatic rings. The predicted octanol–water partition coefficient (Wildman–Crippen LogP) is 3.77. The third kappa shape index (κ3) is 4.71. The molecule has 0 N–H and O–H groups in total. The fourth-order valence-electron chi connectivity index (χ4n) is 3.25. The van der Waals surface area contributed by atoms with Crippen molar-refractivity contribution < 1.29 is 32.3 Å². The van der Waals surface area contributed by atoms with Crippen molar-refractivity contribution in [2.45, 2.75) is 45.0 Å². The van der Waals surface area contributed by atoms with Crippen molar-refractivity contribution in [2.24, 2.45) is 0 Å². The first-order valence-electron chi connectivity index (χ1n) is 8.94. The Labute approximate surface area is 159 Å². The van der Waals surface area contributed by atoms with E-state index in [0.29, 0.717) is 12.0 Å². The number of halogens is 3. The van der Waals surface area contributed by atoms with Crippen LogP contribution in [0.1, 0.15) is 37.7 Å². The highest BCUT2D eigenvalue weighted by atomic mass is 19.4. The van der Waals surface area contributed by atoms with E-state index < -0.39 is 30.0 Å². The van der Waals surface area contributed by atoms with Gasteiger partial charge in [0.1, 0.15) is 5.75 Å². The second-order valence-electron chi connectivity index (χ2n) is 6.68. The smallest absolute Gasteiger partial charge is 0.406 e. The fourth-order valence-corrected chi connectivity index (χ4v) is 3.25. The summed E-state index contributed by atoms with van der Waals surface area (Å²) in [6, 6.07) is 4.08. The first-order valence-corrected chi connectivity index (χ1v) is 8.94. The molecular weight excluding hydrogens is 377 g/mol. The van der Waals surface area contributed by atoms with Crippen LogP contribution in [-0.4, -0.2) is 40.6 Å². The average molecular weight is 396 g/mol. The molecule has 1 aromatic rings. The second-order valence-corrected chi connectivity index (χ2v) is 6.68. The molecule has 3 rings (SSSR count). The Bertz CT molecular complexity index is 802. The van der Waals surface area contributed by atoms with Gasteiger partial charge < -0.3 is 4.74 Å². The van der Waals surface area contributed by atoms with Gasteiger partial charge in [-0.2, -0.15) is 0 Å². The molecule has 1 saturated heterocycles. The third-order valence-electron chi connectivity index (χ3n) is 4.67. The van der Waals surface area contributed by atoms with Gasteiger partial charge in [-0.25, -0.2) is 4.79 Å². The van der Waals surface area contributed by atoms with E-state index in [1.807, 2.05) is 0 Å². The number of urea groups is 1. The highest BCUT2D eigenvalue weighted by Gasteiger charge is 2.44. The third-order valence-corrected chi connectivity index (χ3v) is 4.67. The van der Waals surface area contributed by atoms with Crippen molar-refractivity contribution in [1.82, 2.24) is 9.80 Å². The van der Waals surface area contributed by atoms with Gasteiger partial charge in [-0.3, -0.25) is 19.4 Å². The summed E-state index contributed by atoms with van der Waals surface area (Å²) in [5.74, 6) is -2.22. The molecule has 4 amide bonds. The van der Waals surface area contributed by atoms with Gasteiger partial charge in [0.2, 0.25) is 0 Å². The molecule has 0 bridgehead atoms. The molecule has 1 aromatic carbocycles. The number of carbonyl (C=O) groups is 3. The van der Waals surface area contributed by atoms with E-state index in [2.05, 4.69) is 10.8 Å². The summed E-state index contributed by atoms with van der Waals surface area (Å²) in [4.78, 5) is 38.5. The van der Waals surface area contributed by atoms with E-state index in [1.165, 1.54) is 17.7 Å². The molecule has 0 saturated carbocycles. The minimum Gasteiger partial charge on any atom is -0.406 e. The van der Waals surface area contributed by atoms with Crippen molar-refractivity contribution in [3.63, 3.8) is 0 Å². The average Bonchev–Trinajstić information content (AvgIpc) is 2.85.